The minimum absolute atomic E-state index is 0.00759. The number of hydrogen-bond acceptors (Lipinski definition) is 7. The van der Waals surface area contributed by atoms with Gasteiger partial charge in [0.2, 0.25) is 10.0 Å². The average molecular weight is 500 g/mol. The predicted molar refractivity (Wildman–Crippen MR) is 130 cm³/mol. The van der Waals surface area contributed by atoms with Crippen molar-refractivity contribution in [1.29, 1.82) is 0 Å². The van der Waals surface area contributed by atoms with Crippen LogP contribution < -0.4 is 14.8 Å². The molecule has 3 aromatic rings. The van der Waals surface area contributed by atoms with Crippen LogP contribution in [0.4, 0.5) is 11.4 Å². The summed E-state index contributed by atoms with van der Waals surface area (Å²) in [5, 5.41) is 13.4. The molecule has 0 aliphatic heterocycles. The number of para-hydroxylation sites is 1. The van der Waals surface area contributed by atoms with Crippen molar-refractivity contribution in [1.82, 2.24) is 4.31 Å². The lowest BCUT2D eigenvalue weighted by molar-refractivity contribution is -0.384. The Kier molecular flexibility index (Phi) is 8.39. The topological polar surface area (TPSA) is 128 Å². The molecular weight excluding hydrogens is 474 g/mol. The molecule has 0 aliphatic rings. The molecule has 0 spiro atoms. The van der Waals surface area contributed by atoms with Crippen LogP contribution in [0.25, 0.3) is 0 Å². The maximum Gasteiger partial charge on any atom is 0.269 e. The number of anilines is 1. The number of carbonyl (C=O) groups excluding carboxylic acids is 1. The molecule has 0 heterocycles. The number of non-ortho nitro benzene ring substituents is 1. The zero-order valence-electron chi connectivity index (χ0n) is 19.2. The van der Waals surface area contributed by atoms with Gasteiger partial charge in [0, 0.05) is 25.2 Å². The van der Waals surface area contributed by atoms with Gasteiger partial charge in [0.1, 0.15) is 11.5 Å². The Morgan fingerprint density at radius 2 is 1.63 bits per heavy atom. The molecule has 1 amide bonds. The van der Waals surface area contributed by atoms with E-state index in [2.05, 4.69) is 5.32 Å². The molecule has 0 aromatic heterocycles. The number of sulfonamides is 1. The van der Waals surface area contributed by atoms with Crippen LogP contribution in [0.15, 0.2) is 77.7 Å². The van der Waals surface area contributed by atoms with Crippen LogP contribution in [0, 0.1) is 10.1 Å². The molecule has 11 heteroatoms. The summed E-state index contributed by atoms with van der Waals surface area (Å²) < 4.78 is 38.5. The number of nitro groups is 1. The van der Waals surface area contributed by atoms with E-state index in [1.165, 1.54) is 46.8 Å². The highest BCUT2D eigenvalue weighted by molar-refractivity contribution is 7.89. The molecule has 35 heavy (non-hydrogen) atoms. The van der Waals surface area contributed by atoms with Crippen molar-refractivity contribution in [2.24, 2.45) is 0 Å². The fourth-order valence-corrected chi connectivity index (χ4v) is 4.67. The number of hydrogen-bond donors (Lipinski definition) is 1. The van der Waals surface area contributed by atoms with Gasteiger partial charge in [-0.05, 0) is 42.5 Å². The lowest BCUT2D eigenvalue weighted by Gasteiger charge is -2.20. The van der Waals surface area contributed by atoms with Crippen molar-refractivity contribution in [3.63, 3.8) is 0 Å². The molecule has 0 aliphatic carbocycles. The van der Waals surface area contributed by atoms with Gasteiger partial charge in [-0.3, -0.25) is 14.9 Å². The second-order valence-electron chi connectivity index (χ2n) is 7.25. The minimum atomic E-state index is -3.78. The molecule has 0 atom stereocenters. The first-order valence-electron chi connectivity index (χ1n) is 10.8. The fourth-order valence-electron chi connectivity index (χ4n) is 3.18. The maximum absolute atomic E-state index is 13.0. The van der Waals surface area contributed by atoms with Crippen LogP contribution >= 0.6 is 0 Å². The van der Waals surface area contributed by atoms with E-state index < -0.39 is 27.5 Å². The highest BCUT2D eigenvalue weighted by Gasteiger charge is 2.23. The summed E-state index contributed by atoms with van der Waals surface area (Å²) in [6.45, 7) is 3.67. The number of amides is 1. The van der Waals surface area contributed by atoms with Gasteiger partial charge in [0.25, 0.3) is 11.6 Å². The first-order valence-corrected chi connectivity index (χ1v) is 12.2. The normalized spacial score (nSPS) is 11.2. The highest BCUT2D eigenvalue weighted by Crippen LogP contribution is 2.33. The Morgan fingerprint density at radius 1 is 0.971 bits per heavy atom. The summed E-state index contributed by atoms with van der Waals surface area (Å²) >= 11 is 0. The third-order valence-corrected chi connectivity index (χ3v) is 7.00. The Hall–Kier alpha value is -3.96. The van der Waals surface area contributed by atoms with E-state index in [1.54, 1.807) is 38.1 Å². The Balaban J connectivity index is 1.83. The van der Waals surface area contributed by atoms with E-state index in [0.29, 0.717) is 18.8 Å². The standard InChI is InChI=1S/C24H25N3O7S/c1-3-26(4-2)35(31,32)21-14-15-23(34-20-8-6-5-7-9-20)22(16-21)25-24(28)17-33-19-12-10-18(11-13-19)27(29)30/h5-16H,3-4,17H2,1-2H3,(H,25,28). The lowest BCUT2D eigenvalue weighted by atomic mass is 10.2. The molecule has 10 nitrogen and oxygen atoms in total. The van der Waals surface area contributed by atoms with Crippen LogP contribution in [0.5, 0.6) is 17.2 Å². The molecule has 0 saturated carbocycles. The SMILES string of the molecule is CCN(CC)S(=O)(=O)c1ccc(Oc2ccccc2)c(NC(=O)COc2ccc([N+](=O)[O-])cc2)c1. The van der Waals surface area contributed by atoms with E-state index in [-0.39, 0.29) is 27.8 Å². The second kappa shape index (κ2) is 11.4. The van der Waals surface area contributed by atoms with E-state index in [4.69, 9.17) is 9.47 Å². The van der Waals surface area contributed by atoms with Crippen LogP contribution in [0.3, 0.4) is 0 Å². The van der Waals surface area contributed by atoms with Gasteiger partial charge >= 0.3 is 0 Å². The summed E-state index contributed by atoms with van der Waals surface area (Å²) in [5.41, 5.74) is 0.0510. The Bertz CT molecular complexity index is 1280. The third-order valence-electron chi connectivity index (χ3n) is 4.96. The van der Waals surface area contributed by atoms with Gasteiger partial charge in [-0.1, -0.05) is 32.0 Å². The summed E-state index contributed by atoms with van der Waals surface area (Å²) in [6, 6.07) is 18.4. The van der Waals surface area contributed by atoms with Crippen LogP contribution in [-0.2, 0) is 14.8 Å². The van der Waals surface area contributed by atoms with E-state index in [1.807, 2.05) is 6.07 Å². The summed E-state index contributed by atoms with van der Waals surface area (Å²) in [6.07, 6.45) is 0. The third kappa shape index (κ3) is 6.55. The highest BCUT2D eigenvalue weighted by atomic mass is 32.2. The number of rotatable bonds is 11. The van der Waals surface area contributed by atoms with Crippen LogP contribution in [0.1, 0.15) is 13.8 Å². The summed E-state index contributed by atoms with van der Waals surface area (Å²) in [7, 11) is -3.78. The lowest BCUT2D eigenvalue weighted by Crippen LogP contribution is -2.30. The number of ether oxygens (including phenoxy) is 2. The predicted octanol–water partition coefficient (Wildman–Crippen LogP) is 4.44. The number of nitro benzene ring substituents is 1. The van der Waals surface area contributed by atoms with Gasteiger partial charge in [0.05, 0.1) is 15.5 Å². The smallest absolute Gasteiger partial charge is 0.269 e. The zero-order chi connectivity index (χ0) is 25.4. The number of nitrogens with one attached hydrogen (secondary N) is 1. The summed E-state index contributed by atoms with van der Waals surface area (Å²) in [4.78, 5) is 22.8. The molecule has 3 rings (SSSR count). The Morgan fingerprint density at radius 3 is 2.23 bits per heavy atom. The molecule has 1 N–H and O–H groups in total. The summed E-state index contributed by atoms with van der Waals surface area (Å²) in [5.74, 6) is 0.450. The van der Waals surface area contributed by atoms with E-state index in [9.17, 15) is 23.3 Å². The maximum atomic E-state index is 13.0. The molecule has 0 saturated heterocycles. The van der Waals surface area contributed by atoms with Gasteiger partial charge in [-0.25, -0.2) is 8.42 Å². The van der Waals surface area contributed by atoms with Crippen molar-refractivity contribution in [2.75, 3.05) is 25.0 Å². The first kappa shape index (κ1) is 25.7. The molecule has 0 fully saturated rings. The van der Waals surface area contributed by atoms with Crippen LogP contribution in [-0.4, -0.2) is 43.2 Å². The van der Waals surface area contributed by atoms with Crippen molar-refractivity contribution in [3.05, 3.63) is 82.9 Å². The van der Waals surface area contributed by atoms with Crippen molar-refractivity contribution in [2.45, 2.75) is 18.7 Å². The number of carbonyl (C=O) groups is 1. The van der Waals surface area contributed by atoms with E-state index in [0.717, 1.165) is 0 Å². The van der Waals surface area contributed by atoms with Gasteiger partial charge in [-0.15, -0.1) is 0 Å². The second-order valence-corrected chi connectivity index (χ2v) is 9.19. The van der Waals surface area contributed by atoms with Crippen molar-refractivity contribution in [3.8, 4) is 17.2 Å². The molecule has 0 radical (unpaired) electrons. The van der Waals surface area contributed by atoms with Gasteiger partial charge < -0.3 is 14.8 Å². The molecular formula is C24H25N3O7S. The van der Waals surface area contributed by atoms with Crippen molar-refractivity contribution < 1.29 is 27.6 Å². The monoisotopic (exact) mass is 499 g/mol. The number of nitrogens with zero attached hydrogens (tertiary/aromatic N) is 2. The van der Waals surface area contributed by atoms with Crippen LogP contribution in [0.2, 0.25) is 0 Å². The fraction of sp³-hybridized carbons (Fsp3) is 0.208. The molecule has 0 bridgehead atoms. The van der Waals surface area contributed by atoms with Crippen molar-refractivity contribution >= 4 is 27.3 Å². The zero-order valence-corrected chi connectivity index (χ0v) is 20.0. The molecule has 3 aromatic carbocycles. The van der Waals surface area contributed by atoms with Gasteiger partial charge in [0.15, 0.2) is 12.4 Å². The molecule has 0 unspecified atom stereocenters. The first-order chi connectivity index (χ1) is 16.7. The average Bonchev–Trinajstić information content (AvgIpc) is 2.85. The van der Waals surface area contributed by atoms with E-state index >= 15 is 0 Å². The minimum Gasteiger partial charge on any atom is -0.484 e. The number of benzene rings is 3. The largest absolute Gasteiger partial charge is 0.484 e. The molecule has 184 valence electrons. The Labute approximate surface area is 203 Å². The van der Waals surface area contributed by atoms with Gasteiger partial charge in [-0.2, -0.15) is 4.31 Å². The quantitative estimate of drug-likeness (QED) is 0.305.